The van der Waals surface area contributed by atoms with Crippen molar-refractivity contribution in [1.82, 2.24) is 15.2 Å². The zero-order chi connectivity index (χ0) is 29.9. The van der Waals surface area contributed by atoms with Gasteiger partial charge in [-0.15, -0.1) is 0 Å². The lowest BCUT2D eigenvalue weighted by Crippen LogP contribution is -2.39. The molecule has 222 valence electrons. The van der Waals surface area contributed by atoms with Crippen LogP contribution in [0.5, 0.6) is 0 Å². The van der Waals surface area contributed by atoms with Crippen LogP contribution in [0.4, 0.5) is 5.69 Å². The van der Waals surface area contributed by atoms with Crippen LogP contribution < -0.4 is 10.0 Å². The molecule has 3 aromatic carbocycles. The molecule has 3 N–H and O–H groups in total. The van der Waals surface area contributed by atoms with Crippen LogP contribution in [0.3, 0.4) is 0 Å². The summed E-state index contributed by atoms with van der Waals surface area (Å²) in [5.41, 5.74) is 4.30. The summed E-state index contributed by atoms with van der Waals surface area (Å²) in [6.45, 7) is 11.3. The predicted molar refractivity (Wildman–Crippen MR) is 172 cm³/mol. The number of amides is 1. The first-order chi connectivity index (χ1) is 20.0. The van der Waals surface area contributed by atoms with E-state index in [0.717, 1.165) is 47.1 Å². The molecule has 5 rings (SSSR count). The Morgan fingerprint density at radius 2 is 1.74 bits per heavy atom. The molecular formula is C34H42N4O3S. The van der Waals surface area contributed by atoms with E-state index in [1.54, 1.807) is 24.3 Å². The minimum absolute atomic E-state index is 0.0707. The van der Waals surface area contributed by atoms with Gasteiger partial charge < -0.3 is 15.2 Å². The monoisotopic (exact) mass is 586 g/mol. The lowest BCUT2D eigenvalue weighted by atomic mass is 9.87. The van der Waals surface area contributed by atoms with Crippen molar-refractivity contribution < 1.29 is 13.2 Å². The molecule has 0 aliphatic carbocycles. The van der Waals surface area contributed by atoms with Gasteiger partial charge >= 0.3 is 0 Å². The van der Waals surface area contributed by atoms with Crippen molar-refractivity contribution in [3.8, 4) is 11.1 Å². The molecule has 1 aromatic heterocycles. The first-order valence-electron chi connectivity index (χ1n) is 14.9. The van der Waals surface area contributed by atoms with E-state index in [1.807, 2.05) is 48.5 Å². The van der Waals surface area contributed by atoms with Gasteiger partial charge in [0.05, 0.1) is 4.90 Å². The van der Waals surface area contributed by atoms with Crippen molar-refractivity contribution in [3.63, 3.8) is 0 Å². The fraction of sp³-hybridized carbons (Fsp3) is 0.382. The van der Waals surface area contributed by atoms with E-state index in [2.05, 4.69) is 47.6 Å². The van der Waals surface area contributed by atoms with E-state index < -0.39 is 10.0 Å². The van der Waals surface area contributed by atoms with Gasteiger partial charge in [-0.25, -0.2) is 8.42 Å². The molecular weight excluding hydrogens is 544 g/mol. The van der Waals surface area contributed by atoms with Crippen LogP contribution in [0.2, 0.25) is 0 Å². The largest absolute Gasteiger partial charge is 0.351 e. The summed E-state index contributed by atoms with van der Waals surface area (Å²) in [5.74, 6) is -0.169. The van der Waals surface area contributed by atoms with Gasteiger partial charge in [-0.2, -0.15) is 0 Å². The topological polar surface area (TPSA) is 94.3 Å². The summed E-state index contributed by atoms with van der Waals surface area (Å²) < 4.78 is 29.3. The number of nitrogens with one attached hydrogen (secondary N) is 3. The first-order valence-corrected chi connectivity index (χ1v) is 16.4. The van der Waals surface area contributed by atoms with Crippen LogP contribution in [-0.2, 0) is 15.4 Å². The van der Waals surface area contributed by atoms with Gasteiger partial charge in [0.25, 0.3) is 15.9 Å². The Kier molecular flexibility index (Phi) is 8.76. The second kappa shape index (κ2) is 12.3. The van der Waals surface area contributed by atoms with Crippen LogP contribution in [0.25, 0.3) is 22.0 Å². The number of hydrogen-bond donors (Lipinski definition) is 3. The number of likely N-dealkylation sites (tertiary alicyclic amines) is 1. The molecule has 1 unspecified atom stereocenters. The maximum atomic E-state index is 13.5. The highest BCUT2D eigenvalue weighted by molar-refractivity contribution is 7.92. The molecule has 42 heavy (non-hydrogen) atoms. The Hall–Kier alpha value is -3.62. The van der Waals surface area contributed by atoms with Crippen molar-refractivity contribution in [2.75, 3.05) is 24.4 Å². The Morgan fingerprint density at radius 1 is 1.00 bits per heavy atom. The molecule has 8 heteroatoms. The molecule has 0 bridgehead atoms. The number of hydrogen-bond acceptors (Lipinski definition) is 4. The third kappa shape index (κ3) is 6.71. The van der Waals surface area contributed by atoms with Crippen LogP contribution >= 0.6 is 0 Å². The number of sulfonamides is 1. The molecule has 1 fully saturated rings. The Labute approximate surface area is 249 Å². The van der Waals surface area contributed by atoms with E-state index in [4.69, 9.17) is 0 Å². The number of rotatable bonds is 9. The molecule has 7 nitrogen and oxygen atoms in total. The zero-order valence-electron chi connectivity index (χ0n) is 25.0. The highest BCUT2D eigenvalue weighted by Gasteiger charge is 2.22. The smallest absolute Gasteiger partial charge is 0.268 e. The average molecular weight is 587 g/mol. The SMILES string of the molecule is CC1CCCCN1CCCNC(=O)c1[nH]c2ccc(NS(=O)(=O)c3ccc(C(C)(C)C)cc3)cc2c1-c1ccccc1. The van der Waals surface area contributed by atoms with Gasteiger partial charge in [-0.1, -0.05) is 69.7 Å². The van der Waals surface area contributed by atoms with Gasteiger partial charge in [0.2, 0.25) is 0 Å². The normalized spacial score (nSPS) is 16.4. The highest BCUT2D eigenvalue weighted by atomic mass is 32.2. The number of anilines is 1. The number of fused-ring (bicyclic) bond motifs is 1. The molecule has 0 saturated carbocycles. The van der Waals surface area contributed by atoms with Gasteiger partial charge in [0.15, 0.2) is 0 Å². The van der Waals surface area contributed by atoms with Crippen molar-refractivity contribution in [3.05, 3.63) is 84.1 Å². The van der Waals surface area contributed by atoms with Crippen molar-refractivity contribution in [2.24, 2.45) is 0 Å². The summed E-state index contributed by atoms with van der Waals surface area (Å²) >= 11 is 0. The second-order valence-corrected chi connectivity index (χ2v) is 14.1. The van der Waals surface area contributed by atoms with Crippen molar-refractivity contribution in [1.29, 1.82) is 0 Å². The molecule has 4 aromatic rings. The van der Waals surface area contributed by atoms with Gasteiger partial charge in [-0.3, -0.25) is 9.52 Å². The van der Waals surface area contributed by atoms with E-state index in [9.17, 15) is 13.2 Å². The van der Waals surface area contributed by atoms with Crippen LogP contribution in [-0.4, -0.2) is 49.9 Å². The number of H-pyrrole nitrogens is 1. The van der Waals surface area contributed by atoms with Crippen molar-refractivity contribution >= 4 is 32.5 Å². The summed E-state index contributed by atoms with van der Waals surface area (Å²) in [6, 6.07) is 22.7. The fourth-order valence-electron chi connectivity index (χ4n) is 5.74. The molecule has 1 amide bonds. The molecule has 0 radical (unpaired) electrons. The fourth-order valence-corrected chi connectivity index (χ4v) is 6.79. The van der Waals surface area contributed by atoms with E-state index in [0.29, 0.717) is 24.0 Å². The van der Waals surface area contributed by atoms with Crippen LogP contribution in [0.1, 0.15) is 69.4 Å². The number of nitrogens with zero attached hydrogens (tertiary/aromatic N) is 1. The van der Waals surface area contributed by atoms with E-state index in [1.165, 1.54) is 19.3 Å². The number of aromatic amines is 1. The average Bonchev–Trinajstić information content (AvgIpc) is 3.35. The van der Waals surface area contributed by atoms with Crippen LogP contribution in [0, 0.1) is 0 Å². The molecule has 2 heterocycles. The summed E-state index contributed by atoms with van der Waals surface area (Å²) in [6.07, 6.45) is 4.67. The minimum Gasteiger partial charge on any atom is -0.351 e. The number of carbonyl (C=O) groups is 1. The summed E-state index contributed by atoms with van der Waals surface area (Å²) in [7, 11) is -3.80. The van der Waals surface area contributed by atoms with E-state index in [-0.39, 0.29) is 16.2 Å². The molecule has 1 aliphatic rings. The number of aromatic nitrogens is 1. The number of benzene rings is 3. The van der Waals surface area contributed by atoms with Crippen LogP contribution in [0.15, 0.2) is 77.7 Å². The zero-order valence-corrected chi connectivity index (χ0v) is 25.9. The molecule has 1 atom stereocenters. The number of piperidine rings is 1. The second-order valence-electron chi connectivity index (χ2n) is 12.4. The minimum atomic E-state index is -3.80. The third-order valence-corrected chi connectivity index (χ3v) is 9.62. The molecule has 0 spiro atoms. The first kappa shape index (κ1) is 29.9. The Morgan fingerprint density at radius 3 is 2.43 bits per heavy atom. The summed E-state index contributed by atoms with van der Waals surface area (Å²) in [5, 5.41) is 3.88. The summed E-state index contributed by atoms with van der Waals surface area (Å²) in [4.78, 5) is 19.5. The van der Waals surface area contributed by atoms with E-state index >= 15 is 0 Å². The highest BCUT2D eigenvalue weighted by Crippen LogP contribution is 2.35. The third-order valence-electron chi connectivity index (χ3n) is 8.22. The lowest BCUT2D eigenvalue weighted by molar-refractivity contribution is 0.0945. The maximum Gasteiger partial charge on any atom is 0.268 e. The van der Waals surface area contributed by atoms with Gasteiger partial charge in [0.1, 0.15) is 5.69 Å². The lowest BCUT2D eigenvalue weighted by Gasteiger charge is -2.33. The van der Waals surface area contributed by atoms with Gasteiger partial charge in [-0.05, 0) is 79.6 Å². The quantitative estimate of drug-likeness (QED) is 0.186. The van der Waals surface area contributed by atoms with Crippen molar-refractivity contribution in [2.45, 2.75) is 69.7 Å². The molecule has 1 saturated heterocycles. The Balaban J connectivity index is 1.38. The maximum absolute atomic E-state index is 13.5. The van der Waals surface area contributed by atoms with Gasteiger partial charge in [0, 0.05) is 41.3 Å². The Bertz CT molecular complexity index is 1640. The standard InChI is InChI=1S/C34H42N4O3S/c1-24-11-8-9-21-38(24)22-10-20-35-33(39)32-31(25-12-6-5-7-13-25)29-23-27(16-19-30(29)36-32)37-42(40,41)28-17-14-26(15-18-28)34(2,3)4/h5-7,12-19,23-24,36-37H,8-11,20-22H2,1-4H3,(H,35,39). The molecule has 1 aliphatic heterocycles. The predicted octanol–water partition coefficient (Wildman–Crippen LogP) is 6.93. The number of carbonyl (C=O) groups excluding carboxylic acids is 1.